The summed E-state index contributed by atoms with van der Waals surface area (Å²) in [4.78, 5) is 0. The molecule has 1 aromatic carbocycles. The van der Waals surface area contributed by atoms with Crippen LogP contribution >= 0.6 is 0 Å². The van der Waals surface area contributed by atoms with Crippen LogP contribution in [0.15, 0.2) is 30.3 Å². The molecule has 3 rings (SSSR count). The van der Waals surface area contributed by atoms with Gasteiger partial charge in [0.1, 0.15) is 0 Å². The molecule has 2 aliphatic rings. The van der Waals surface area contributed by atoms with Gasteiger partial charge >= 0.3 is 0 Å². The van der Waals surface area contributed by atoms with E-state index in [0.29, 0.717) is 6.04 Å². The molecule has 0 spiro atoms. The van der Waals surface area contributed by atoms with E-state index < -0.39 is 0 Å². The van der Waals surface area contributed by atoms with E-state index in [1.54, 1.807) is 14.2 Å². The monoisotopic (exact) mass is 434 g/mol. The third-order valence-electron chi connectivity index (χ3n) is 6.85. The summed E-state index contributed by atoms with van der Waals surface area (Å²) in [6, 6.07) is 10.7. The SMILES string of the molecule is CC(C)[C@@H]1CC[C@@H](C)C[C@H]1N.COC[C@@H]1CC[C@@H](COC)C1.C[C@H](N)c1ccccc1. The summed E-state index contributed by atoms with van der Waals surface area (Å²) < 4.78 is 10.2. The van der Waals surface area contributed by atoms with E-state index in [-0.39, 0.29) is 6.04 Å². The number of methoxy groups -OCH3 is 2. The molecule has 0 heterocycles. The van der Waals surface area contributed by atoms with E-state index in [9.17, 15) is 0 Å². The Bertz CT molecular complexity index is 537. The highest BCUT2D eigenvalue weighted by Crippen LogP contribution is 2.32. The molecule has 0 aliphatic heterocycles. The summed E-state index contributed by atoms with van der Waals surface area (Å²) in [5.74, 6) is 4.00. The Labute approximate surface area is 192 Å². The first-order valence-corrected chi connectivity index (χ1v) is 12.3. The number of hydrogen-bond donors (Lipinski definition) is 2. The van der Waals surface area contributed by atoms with Gasteiger partial charge in [-0.05, 0) is 74.2 Å². The Morgan fingerprint density at radius 3 is 1.81 bits per heavy atom. The number of rotatable bonds is 6. The van der Waals surface area contributed by atoms with Gasteiger partial charge in [0.2, 0.25) is 0 Å². The van der Waals surface area contributed by atoms with Crippen LogP contribution in [0.3, 0.4) is 0 Å². The molecule has 0 radical (unpaired) electrons. The molecule has 2 aliphatic carbocycles. The van der Waals surface area contributed by atoms with E-state index in [1.165, 1.54) is 44.1 Å². The van der Waals surface area contributed by atoms with Crippen molar-refractivity contribution in [3.63, 3.8) is 0 Å². The first-order valence-electron chi connectivity index (χ1n) is 12.3. The molecule has 4 heteroatoms. The molecule has 0 bridgehead atoms. The fourth-order valence-corrected chi connectivity index (χ4v) is 4.99. The average Bonchev–Trinajstić information content (AvgIpc) is 3.17. The normalized spacial score (nSPS) is 28.9. The van der Waals surface area contributed by atoms with Gasteiger partial charge in [0.15, 0.2) is 0 Å². The zero-order valence-corrected chi connectivity index (χ0v) is 21.1. The second kappa shape index (κ2) is 15.8. The summed E-state index contributed by atoms with van der Waals surface area (Å²) >= 11 is 0. The molecule has 2 saturated carbocycles. The van der Waals surface area contributed by atoms with Crippen molar-refractivity contribution >= 4 is 0 Å². The predicted octanol–water partition coefficient (Wildman–Crippen LogP) is 5.81. The number of ether oxygens (including phenoxy) is 2. The van der Waals surface area contributed by atoms with E-state index in [1.807, 2.05) is 37.3 Å². The molecular weight excluding hydrogens is 384 g/mol. The third-order valence-corrected chi connectivity index (χ3v) is 6.85. The van der Waals surface area contributed by atoms with Gasteiger partial charge in [-0.25, -0.2) is 0 Å². The number of hydrogen-bond acceptors (Lipinski definition) is 4. The number of benzene rings is 1. The molecule has 2 fully saturated rings. The van der Waals surface area contributed by atoms with Crippen LogP contribution in [0.5, 0.6) is 0 Å². The third kappa shape index (κ3) is 11.5. The fraction of sp³-hybridized carbons (Fsp3) is 0.778. The first kappa shape index (κ1) is 28.1. The van der Waals surface area contributed by atoms with Gasteiger partial charge in [0, 0.05) is 39.5 Å². The zero-order chi connectivity index (χ0) is 23.2. The summed E-state index contributed by atoms with van der Waals surface area (Å²) in [5.41, 5.74) is 12.9. The van der Waals surface area contributed by atoms with E-state index in [4.69, 9.17) is 20.9 Å². The van der Waals surface area contributed by atoms with Crippen LogP contribution in [0, 0.1) is 29.6 Å². The zero-order valence-electron chi connectivity index (χ0n) is 21.1. The summed E-state index contributed by atoms with van der Waals surface area (Å²) in [5, 5.41) is 0. The molecule has 4 N–H and O–H groups in total. The van der Waals surface area contributed by atoms with Gasteiger partial charge in [0.05, 0.1) is 0 Å². The Morgan fingerprint density at radius 2 is 1.42 bits per heavy atom. The fourth-order valence-electron chi connectivity index (χ4n) is 4.99. The Balaban J connectivity index is 0.000000234. The maximum Gasteiger partial charge on any atom is 0.0490 e. The molecule has 180 valence electrons. The van der Waals surface area contributed by atoms with Crippen molar-refractivity contribution in [1.82, 2.24) is 0 Å². The van der Waals surface area contributed by atoms with E-state index in [0.717, 1.165) is 42.8 Å². The van der Waals surface area contributed by atoms with Crippen LogP contribution < -0.4 is 11.5 Å². The van der Waals surface area contributed by atoms with Gasteiger partial charge in [-0.1, -0.05) is 57.5 Å². The highest BCUT2D eigenvalue weighted by Gasteiger charge is 2.27. The Kier molecular flexibility index (Phi) is 14.3. The summed E-state index contributed by atoms with van der Waals surface area (Å²) in [6.45, 7) is 10.7. The molecule has 0 amide bonds. The lowest BCUT2D eigenvalue weighted by molar-refractivity contribution is 0.134. The Hall–Kier alpha value is -0.940. The van der Waals surface area contributed by atoms with Crippen LogP contribution in [0.2, 0.25) is 0 Å². The van der Waals surface area contributed by atoms with Crippen molar-refractivity contribution in [3.8, 4) is 0 Å². The van der Waals surface area contributed by atoms with Gasteiger partial charge in [-0.15, -0.1) is 0 Å². The van der Waals surface area contributed by atoms with Crippen LogP contribution in [-0.2, 0) is 9.47 Å². The minimum atomic E-state index is 0.159. The highest BCUT2D eigenvalue weighted by molar-refractivity contribution is 5.17. The maximum atomic E-state index is 6.07. The molecule has 6 atom stereocenters. The highest BCUT2D eigenvalue weighted by atomic mass is 16.5. The number of nitrogens with two attached hydrogens (primary N) is 2. The lowest BCUT2D eigenvalue weighted by Gasteiger charge is -2.34. The first-order chi connectivity index (χ1) is 14.8. The minimum Gasteiger partial charge on any atom is -0.384 e. The van der Waals surface area contributed by atoms with Crippen molar-refractivity contribution in [2.24, 2.45) is 41.1 Å². The topological polar surface area (TPSA) is 70.5 Å². The van der Waals surface area contributed by atoms with Gasteiger partial charge in [-0.2, -0.15) is 0 Å². The van der Waals surface area contributed by atoms with Crippen molar-refractivity contribution in [1.29, 1.82) is 0 Å². The van der Waals surface area contributed by atoms with Gasteiger partial charge in [-0.3, -0.25) is 0 Å². The second-order valence-corrected chi connectivity index (χ2v) is 10.1. The van der Waals surface area contributed by atoms with Crippen molar-refractivity contribution in [2.45, 2.75) is 78.3 Å². The molecule has 0 aromatic heterocycles. The van der Waals surface area contributed by atoms with E-state index in [2.05, 4.69) is 20.8 Å². The summed E-state index contributed by atoms with van der Waals surface area (Å²) in [7, 11) is 3.56. The minimum absolute atomic E-state index is 0.159. The van der Waals surface area contributed by atoms with Crippen LogP contribution in [0.4, 0.5) is 0 Å². The Morgan fingerprint density at radius 1 is 0.871 bits per heavy atom. The maximum absolute atomic E-state index is 6.07. The molecule has 31 heavy (non-hydrogen) atoms. The van der Waals surface area contributed by atoms with E-state index >= 15 is 0 Å². The van der Waals surface area contributed by atoms with Crippen molar-refractivity contribution in [3.05, 3.63) is 35.9 Å². The standard InChI is InChI=1S/C10H21N.C9H18O2.C8H11N/c1-7(2)9-5-4-8(3)6-10(9)11;1-10-6-8-3-4-9(5-8)7-11-2;1-7(9)8-5-3-2-4-6-8/h7-10H,4-6,11H2,1-3H3;8-9H,3-7H2,1-2H3;2-7H,9H2,1H3/t8-,9+,10-;8-,9-;7-/m110/s1. The smallest absolute Gasteiger partial charge is 0.0490 e. The largest absolute Gasteiger partial charge is 0.384 e. The molecular formula is C27H50N2O2. The molecule has 0 saturated heterocycles. The van der Waals surface area contributed by atoms with Crippen molar-refractivity contribution < 1.29 is 9.47 Å². The lowest BCUT2D eigenvalue weighted by Crippen LogP contribution is -2.38. The van der Waals surface area contributed by atoms with Crippen LogP contribution in [0.25, 0.3) is 0 Å². The van der Waals surface area contributed by atoms with Crippen molar-refractivity contribution in [2.75, 3.05) is 27.4 Å². The predicted molar refractivity (Wildman–Crippen MR) is 133 cm³/mol. The summed E-state index contributed by atoms with van der Waals surface area (Å²) in [6.07, 6.45) is 7.91. The molecule has 4 nitrogen and oxygen atoms in total. The van der Waals surface area contributed by atoms with Crippen LogP contribution in [-0.4, -0.2) is 33.5 Å². The average molecular weight is 435 g/mol. The van der Waals surface area contributed by atoms with Gasteiger partial charge < -0.3 is 20.9 Å². The molecule has 1 aromatic rings. The lowest BCUT2D eigenvalue weighted by atomic mass is 9.74. The van der Waals surface area contributed by atoms with Crippen LogP contribution in [0.1, 0.15) is 77.8 Å². The van der Waals surface area contributed by atoms with Gasteiger partial charge in [0.25, 0.3) is 0 Å². The second-order valence-electron chi connectivity index (χ2n) is 10.1. The molecule has 0 unspecified atom stereocenters. The quantitative estimate of drug-likeness (QED) is 0.593.